The molecule has 4 nitrogen and oxygen atoms in total. The van der Waals surface area contributed by atoms with E-state index in [4.69, 9.17) is 0 Å². The summed E-state index contributed by atoms with van der Waals surface area (Å²) in [5, 5.41) is 5.34. The number of rotatable bonds is 5. The van der Waals surface area contributed by atoms with Crippen molar-refractivity contribution in [2.45, 2.75) is 0 Å². The summed E-state index contributed by atoms with van der Waals surface area (Å²) in [6.45, 7) is 0. The molecule has 0 aromatic heterocycles. The van der Waals surface area contributed by atoms with Crippen molar-refractivity contribution in [2.24, 2.45) is 0 Å². The third-order valence-corrected chi connectivity index (χ3v) is 4.39. The molecule has 0 aliphatic carbocycles. The fourth-order valence-corrected chi connectivity index (χ4v) is 3.04. The zero-order valence-corrected chi connectivity index (χ0v) is 13.5. The summed E-state index contributed by atoms with van der Waals surface area (Å²) in [5.41, 5.74) is 1.55. The number of anilines is 2. The van der Waals surface area contributed by atoms with E-state index in [-0.39, 0.29) is 10.5 Å². The van der Waals surface area contributed by atoms with Crippen molar-refractivity contribution in [3.63, 3.8) is 0 Å². The maximum atomic E-state index is 11.7. The number of para-hydroxylation sites is 2. The number of thioether (sulfide) groups is 2. The fraction of sp³-hybridized carbons (Fsp3) is 0.125. The maximum absolute atomic E-state index is 11.7. The van der Waals surface area contributed by atoms with Gasteiger partial charge in [0.25, 0.3) is 10.5 Å². The van der Waals surface area contributed by atoms with Crippen LogP contribution in [0.4, 0.5) is 21.0 Å². The Bertz CT molecular complexity index is 551. The SMILES string of the molecule is O=C(Nc1ccccc1)SCCSC(=O)Nc1ccccc1. The molecule has 0 unspecified atom stereocenters. The van der Waals surface area contributed by atoms with Crippen molar-refractivity contribution in [3.8, 4) is 0 Å². The number of carbonyl (C=O) groups is 2. The van der Waals surface area contributed by atoms with E-state index in [2.05, 4.69) is 10.6 Å². The molecule has 0 spiro atoms. The topological polar surface area (TPSA) is 58.2 Å². The summed E-state index contributed by atoms with van der Waals surface area (Å²) >= 11 is 2.34. The number of hydrogen-bond donors (Lipinski definition) is 2. The molecular formula is C16H16N2O2S2. The molecule has 2 rings (SSSR count). The zero-order valence-electron chi connectivity index (χ0n) is 11.8. The lowest BCUT2D eigenvalue weighted by atomic mass is 10.3. The minimum Gasteiger partial charge on any atom is -0.317 e. The standard InChI is InChI=1S/C16H16N2O2S2/c19-15(17-13-7-3-1-4-8-13)21-11-12-22-16(20)18-14-9-5-2-6-10-14/h1-10H,11-12H2,(H,17,19)(H,18,20). The molecule has 2 amide bonds. The first kappa shape index (κ1) is 16.5. The molecule has 0 aliphatic heterocycles. The van der Waals surface area contributed by atoms with E-state index in [0.717, 1.165) is 11.4 Å². The van der Waals surface area contributed by atoms with E-state index >= 15 is 0 Å². The van der Waals surface area contributed by atoms with Crippen LogP contribution in [0.2, 0.25) is 0 Å². The van der Waals surface area contributed by atoms with Crippen molar-refractivity contribution in [2.75, 3.05) is 22.1 Å². The molecule has 2 N–H and O–H groups in total. The van der Waals surface area contributed by atoms with Crippen molar-refractivity contribution in [1.82, 2.24) is 0 Å². The predicted molar refractivity (Wildman–Crippen MR) is 95.8 cm³/mol. The van der Waals surface area contributed by atoms with E-state index in [1.54, 1.807) is 0 Å². The highest BCUT2D eigenvalue weighted by Crippen LogP contribution is 2.15. The monoisotopic (exact) mass is 332 g/mol. The van der Waals surface area contributed by atoms with Crippen molar-refractivity contribution < 1.29 is 9.59 Å². The Hall–Kier alpha value is -1.92. The van der Waals surface area contributed by atoms with Gasteiger partial charge >= 0.3 is 0 Å². The summed E-state index contributed by atoms with van der Waals surface area (Å²) in [4.78, 5) is 23.4. The minimum atomic E-state index is -0.115. The van der Waals surface area contributed by atoms with Crippen molar-refractivity contribution in [3.05, 3.63) is 60.7 Å². The summed E-state index contributed by atoms with van der Waals surface area (Å²) in [6.07, 6.45) is 0. The Balaban J connectivity index is 1.60. The summed E-state index contributed by atoms with van der Waals surface area (Å²) in [6, 6.07) is 18.6. The second-order valence-corrected chi connectivity index (χ2v) is 6.39. The van der Waals surface area contributed by atoms with Crippen LogP contribution in [-0.2, 0) is 0 Å². The molecule has 0 bridgehead atoms. The molecule has 0 fully saturated rings. The van der Waals surface area contributed by atoms with Crippen LogP contribution in [0.1, 0.15) is 0 Å². The minimum absolute atomic E-state index is 0.115. The lowest BCUT2D eigenvalue weighted by Gasteiger charge is -2.05. The van der Waals surface area contributed by atoms with Crippen LogP contribution in [0.5, 0.6) is 0 Å². The Kier molecular flexibility index (Phi) is 6.86. The molecule has 22 heavy (non-hydrogen) atoms. The normalized spacial score (nSPS) is 10.0. The first-order valence-corrected chi connectivity index (χ1v) is 8.69. The van der Waals surface area contributed by atoms with E-state index in [0.29, 0.717) is 11.5 Å². The van der Waals surface area contributed by atoms with Gasteiger partial charge in [0.05, 0.1) is 0 Å². The predicted octanol–water partition coefficient (Wildman–Crippen LogP) is 4.92. The zero-order chi connectivity index (χ0) is 15.6. The molecule has 0 saturated heterocycles. The van der Waals surface area contributed by atoms with Crippen molar-refractivity contribution >= 4 is 45.4 Å². The molecule has 0 radical (unpaired) electrons. The van der Waals surface area contributed by atoms with Gasteiger partial charge in [-0.3, -0.25) is 9.59 Å². The molecule has 0 heterocycles. The van der Waals surface area contributed by atoms with Gasteiger partial charge in [-0.1, -0.05) is 59.9 Å². The molecule has 0 saturated carbocycles. The van der Waals surface area contributed by atoms with Gasteiger partial charge in [-0.05, 0) is 24.3 Å². The van der Waals surface area contributed by atoms with Crippen LogP contribution in [0.25, 0.3) is 0 Å². The third-order valence-electron chi connectivity index (χ3n) is 2.59. The first-order valence-electron chi connectivity index (χ1n) is 6.72. The molecule has 0 atom stereocenters. The van der Waals surface area contributed by atoms with E-state index < -0.39 is 0 Å². The molecular weight excluding hydrogens is 316 g/mol. The summed E-state index contributed by atoms with van der Waals surface area (Å²) in [5.74, 6) is 1.15. The number of benzene rings is 2. The van der Waals surface area contributed by atoms with E-state index in [1.807, 2.05) is 60.7 Å². The lowest BCUT2D eigenvalue weighted by molar-refractivity contribution is 0.269. The second kappa shape index (κ2) is 9.17. The fourth-order valence-electron chi connectivity index (χ4n) is 1.62. The van der Waals surface area contributed by atoms with Gasteiger partial charge in [-0.15, -0.1) is 0 Å². The third kappa shape index (κ3) is 6.24. The summed E-state index contributed by atoms with van der Waals surface area (Å²) in [7, 11) is 0. The Morgan fingerprint density at radius 2 is 1.05 bits per heavy atom. The van der Waals surface area contributed by atoms with Gasteiger partial charge in [0.1, 0.15) is 0 Å². The smallest absolute Gasteiger partial charge is 0.283 e. The lowest BCUT2D eigenvalue weighted by Crippen LogP contribution is -2.08. The molecule has 0 aliphatic rings. The first-order chi connectivity index (χ1) is 10.7. The highest BCUT2D eigenvalue weighted by Gasteiger charge is 2.05. The van der Waals surface area contributed by atoms with Crippen LogP contribution in [-0.4, -0.2) is 22.0 Å². The second-order valence-electron chi connectivity index (χ2n) is 4.25. The van der Waals surface area contributed by atoms with Gasteiger partial charge in [-0.25, -0.2) is 0 Å². The maximum Gasteiger partial charge on any atom is 0.283 e. The average Bonchev–Trinajstić information content (AvgIpc) is 2.53. The number of amides is 2. The van der Waals surface area contributed by atoms with Crippen LogP contribution in [0.15, 0.2) is 60.7 Å². The van der Waals surface area contributed by atoms with E-state index in [1.165, 1.54) is 23.5 Å². The highest BCUT2D eigenvalue weighted by molar-refractivity contribution is 8.17. The number of carbonyl (C=O) groups excluding carboxylic acids is 2. The number of hydrogen-bond acceptors (Lipinski definition) is 4. The van der Waals surface area contributed by atoms with Gasteiger partial charge in [-0.2, -0.15) is 0 Å². The van der Waals surface area contributed by atoms with Crippen LogP contribution >= 0.6 is 23.5 Å². The molecule has 114 valence electrons. The van der Waals surface area contributed by atoms with E-state index in [9.17, 15) is 9.59 Å². The Morgan fingerprint density at radius 3 is 1.41 bits per heavy atom. The van der Waals surface area contributed by atoms with Crippen LogP contribution in [0, 0.1) is 0 Å². The number of nitrogens with one attached hydrogen (secondary N) is 2. The largest absolute Gasteiger partial charge is 0.317 e. The highest BCUT2D eigenvalue weighted by atomic mass is 32.2. The van der Waals surface area contributed by atoms with Crippen LogP contribution < -0.4 is 10.6 Å². The van der Waals surface area contributed by atoms with Crippen LogP contribution in [0.3, 0.4) is 0 Å². The van der Waals surface area contributed by atoms with Gasteiger partial charge < -0.3 is 10.6 Å². The van der Waals surface area contributed by atoms with Gasteiger partial charge in [0, 0.05) is 22.9 Å². The molecule has 6 heteroatoms. The summed E-state index contributed by atoms with van der Waals surface area (Å²) < 4.78 is 0. The molecule has 2 aromatic carbocycles. The Labute approximate surface area is 138 Å². The average molecular weight is 332 g/mol. The van der Waals surface area contributed by atoms with Gasteiger partial charge in [0.2, 0.25) is 0 Å². The van der Waals surface area contributed by atoms with Crippen molar-refractivity contribution in [1.29, 1.82) is 0 Å². The quantitative estimate of drug-likeness (QED) is 0.763. The van der Waals surface area contributed by atoms with Gasteiger partial charge in [0.15, 0.2) is 0 Å². The molecule has 2 aromatic rings. The Morgan fingerprint density at radius 1 is 0.682 bits per heavy atom.